The molecule has 1 saturated carbocycles. The Balaban J connectivity index is 1.92. The zero-order chi connectivity index (χ0) is 14.8. The van der Waals surface area contributed by atoms with Crippen LogP contribution in [0.25, 0.3) is 0 Å². The fourth-order valence-corrected chi connectivity index (χ4v) is 3.46. The second-order valence-electron chi connectivity index (χ2n) is 7.46. The molecule has 114 valence electrons. The highest BCUT2D eigenvalue weighted by molar-refractivity contribution is 5.09. The van der Waals surface area contributed by atoms with E-state index in [1.165, 1.54) is 12.8 Å². The Labute approximate surface area is 123 Å². The lowest BCUT2D eigenvalue weighted by atomic mass is 9.68. The van der Waals surface area contributed by atoms with Crippen molar-refractivity contribution in [2.24, 2.45) is 17.3 Å². The number of hydrogen-bond acceptors (Lipinski definition) is 2. The van der Waals surface area contributed by atoms with E-state index >= 15 is 0 Å². The molecule has 0 aliphatic heterocycles. The van der Waals surface area contributed by atoms with Gasteiger partial charge in [-0.2, -0.15) is 5.10 Å². The average molecular weight is 278 g/mol. The molecule has 1 aromatic heterocycles. The van der Waals surface area contributed by atoms with Gasteiger partial charge in [0.25, 0.3) is 0 Å². The number of aromatic nitrogens is 2. The maximum absolute atomic E-state index is 10.6. The summed E-state index contributed by atoms with van der Waals surface area (Å²) in [5.74, 6) is 1.21. The quantitative estimate of drug-likeness (QED) is 0.897. The highest BCUT2D eigenvalue weighted by atomic mass is 16.3. The highest BCUT2D eigenvalue weighted by Crippen LogP contribution is 2.43. The molecule has 3 nitrogen and oxygen atoms in total. The number of aliphatic hydroxyl groups is 1. The van der Waals surface area contributed by atoms with Crippen LogP contribution < -0.4 is 0 Å². The Morgan fingerprint density at radius 1 is 1.30 bits per heavy atom. The minimum absolute atomic E-state index is 0.332. The molecule has 3 heteroatoms. The summed E-state index contributed by atoms with van der Waals surface area (Å²) in [6.45, 7) is 10.1. The van der Waals surface area contributed by atoms with Gasteiger partial charge in [-0.15, -0.1) is 0 Å². The van der Waals surface area contributed by atoms with Crippen molar-refractivity contribution in [3.05, 3.63) is 18.0 Å². The molecule has 0 aromatic carbocycles. The third kappa shape index (κ3) is 3.63. The summed E-state index contributed by atoms with van der Waals surface area (Å²) in [4.78, 5) is 0. The molecule has 1 atom stereocenters. The van der Waals surface area contributed by atoms with Crippen molar-refractivity contribution in [3.8, 4) is 0 Å². The van der Waals surface area contributed by atoms with E-state index in [-0.39, 0.29) is 6.10 Å². The molecular weight excluding hydrogens is 248 g/mol. The summed E-state index contributed by atoms with van der Waals surface area (Å²) in [5, 5.41) is 14.9. The van der Waals surface area contributed by atoms with Crippen molar-refractivity contribution in [1.82, 2.24) is 9.78 Å². The van der Waals surface area contributed by atoms with Crippen LogP contribution in [-0.2, 0) is 6.54 Å². The van der Waals surface area contributed by atoms with E-state index < -0.39 is 0 Å². The molecule has 0 spiro atoms. The van der Waals surface area contributed by atoms with Gasteiger partial charge in [-0.3, -0.25) is 4.68 Å². The smallest absolute Gasteiger partial charge is 0.0848 e. The lowest BCUT2D eigenvalue weighted by molar-refractivity contribution is 0.0527. The first-order valence-corrected chi connectivity index (χ1v) is 8.12. The Hall–Kier alpha value is -0.830. The van der Waals surface area contributed by atoms with Crippen LogP contribution in [0.3, 0.4) is 0 Å². The predicted molar refractivity (Wildman–Crippen MR) is 82.4 cm³/mol. The fourth-order valence-electron chi connectivity index (χ4n) is 3.46. The molecule has 2 rings (SSSR count). The molecule has 0 bridgehead atoms. The molecule has 0 amide bonds. The number of hydrogen-bond donors (Lipinski definition) is 1. The molecule has 1 fully saturated rings. The summed E-state index contributed by atoms with van der Waals surface area (Å²) in [7, 11) is 0. The first-order valence-electron chi connectivity index (χ1n) is 8.12. The van der Waals surface area contributed by atoms with Gasteiger partial charge in [0, 0.05) is 18.3 Å². The first-order chi connectivity index (χ1) is 9.41. The Morgan fingerprint density at radius 2 is 1.95 bits per heavy atom. The second-order valence-corrected chi connectivity index (χ2v) is 7.46. The van der Waals surface area contributed by atoms with E-state index in [1.807, 2.05) is 17.1 Å². The van der Waals surface area contributed by atoms with Crippen LogP contribution in [-0.4, -0.2) is 14.9 Å². The molecule has 1 aliphatic rings. The molecule has 1 unspecified atom stereocenters. The first kappa shape index (κ1) is 15.6. The van der Waals surface area contributed by atoms with E-state index in [1.54, 1.807) is 0 Å². The minimum Gasteiger partial charge on any atom is -0.388 e. The van der Waals surface area contributed by atoms with Gasteiger partial charge in [0.2, 0.25) is 0 Å². The SMILES string of the molecule is CCCn1cc(C(O)C2CCC(C(C)(C)C)CC2)cn1. The van der Waals surface area contributed by atoms with E-state index in [0.717, 1.165) is 37.3 Å². The standard InChI is InChI=1S/C17H30N2O/c1-5-10-19-12-14(11-18-19)16(20)13-6-8-15(9-7-13)17(2,3)4/h11-13,15-16,20H,5-10H2,1-4H3. The highest BCUT2D eigenvalue weighted by Gasteiger charge is 2.33. The van der Waals surface area contributed by atoms with Crippen LogP contribution in [0.4, 0.5) is 0 Å². The molecular formula is C17H30N2O. The van der Waals surface area contributed by atoms with Gasteiger partial charge in [0.1, 0.15) is 0 Å². The van der Waals surface area contributed by atoms with Crippen molar-refractivity contribution in [3.63, 3.8) is 0 Å². The average Bonchev–Trinajstić information content (AvgIpc) is 2.86. The maximum atomic E-state index is 10.6. The molecule has 0 radical (unpaired) electrons. The topological polar surface area (TPSA) is 38.0 Å². The number of aliphatic hydroxyl groups excluding tert-OH is 1. The van der Waals surface area contributed by atoms with Crippen molar-refractivity contribution < 1.29 is 5.11 Å². The zero-order valence-corrected chi connectivity index (χ0v) is 13.5. The molecule has 0 saturated heterocycles. The van der Waals surface area contributed by atoms with Crippen LogP contribution in [0.15, 0.2) is 12.4 Å². The Kier molecular flexibility index (Phi) is 4.90. The molecule has 20 heavy (non-hydrogen) atoms. The zero-order valence-electron chi connectivity index (χ0n) is 13.5. The van der Waals surface area contributed by atoms with Gasteiger partial charge in [-0.1, -0.05) is 27.7 Å². The Morgan fingerprint density at radius 3 is 2.50 bits per heavy atom. The predicted octanol–water partition coefficient (Wildman–Crippen LogP) is 4.18. The second kappa shape index (κ2) is 6.30. The summed E-state index contributed by atoms with van der Waals surface area (Å²) < 4.78 is 1.94. The van der Waals surface area contributed by atoms with E-state index in [4.69, 9.17) is 0 Å². The third-order valence-electron chi connectivity index (χ3n) is 4.89. The van der Waals surface area contributed by atoms with Gasteiger partial charge >= 0.3 is 0 Å². The van der Waals surface area contributed by atoms with E-state index in [0.29, 0.717) is 11.3 Å². The van der Waals surface area contributed by atoms with Gasteiger partial charge in [0.05, 0.1) is 12.3 Å². The summed E-state index contributed by atoms with van der Waals surface area (Å²) in [5.41, 5.74) is 1.40. The van der Waals surface area contributed by atoms with Crippen LogP contribution in [0.5, 0.6) is 0 Å². The van der Waals surface area contributed by atoms with Gasteiger partial charge < -0.3 is 5.11 Å². The molecule has 1 aromatic rings. The number of aryl methyl sites for hydroxylation is 1. The molecule has 1 heterocycles. The Bertz CT molecular complexity index is 411. The summed E-state index contributed by atoms with van der Waals surface area (Å²) >= 11 is 0. The molecule has 1 aliphatic carbocycles. The van der Waals surface area contributed by atoms with Crippen molar-refractivity contribution in [2.45, 2.75) is 72.4 Å². The lowest BCUT2D eigenvalue weighted by Gasteiger charge is -2.38. The monoisotopic (exact) mass is 278 g/mol. The van der Waals surface area contributed by atoms with Crippen LogP contribution in [0, 0.1) is 17.3 Å². The number of nitrogens with zero attached hydrogens (tertiary/aromatic N) is 2. The fraction of sp³-hybridized carbons (Fsp3) is 0.824. The van der Waals surface area contributed by atoms with Crippen LogP contribution >= 0.6 is 0 Å². The normalized spacial score (nSPS) is 25.6. The largest absolute Gasteiger partial charge is 0.388 e. The number of rotatable bonds is 4. The van der Waals surface area contributed by atoms with Gasteiger partial charge in [-0.25, -0.2) is 0 Å². The third-order valence-corrected chi connectivity index (χ3v) is 4.89. The van der Waals surface area contributed by atoms with Crippen LogP contribution in [0.1, 0.15) is 71.5 Å². The molecule has 1 N–H and O–H groups in total. The van der Waals surface area contributed by atoms with E-state index in [9.17, 15) is 5.11 Å². The minimum atomic E-state index is -0.332. The van der Waals surface area contributed by atoms with Crippen LogP contribution in [0.2, 0.25) is 0 Å². The van der Waals surface area contributed by atoms with Crippen molar-refractivity contribution in [1.29, 1.82) is 0 Å². The van der Waals surface area contributed by atoms with Gasteiger partial charge in [0.15, 0.2) is 0 Å². The summed E-state index contributed by atoms with van der Waals surface area (Å²) in [6, 6.07) is 0. The van der Waals surface area contributed by atoms with Crippen molar-refractivity contribution >= 4 is 0 Å². The lowest BCUT2D eigenvalue weighted by Crippen LogP contribution is -2.28. The maximum Gasteiger partial charge on any atom is 0.0848 e. The van der Waals surface area contributed by atoms with Crippen molar-refractivity contribution in [2.75, 3.05) is 0 Å². The summed E-state index contributed by atoms with van der Waals surface area (Å²) in [6.07, 6.45) is 9.38. The van der Waals surface area contributed by atoms with E-state index in [2.05, 4.69) is 32.8 Å². The van der Waals surface area contributed by atoms with Gasteiger partial charge in [-0.05, 0) is 49.4 Å².